The van der Waals surface area contributed by atoms with E-state index in [-0.39, 0.29) is 18.4 Å². The van der Waals surface area contributed by atoms with Crippen LogP contribution in [0.2, 0.25) is 0 Å². The van der Waals surface area contributed by atoms with Gasteiger partial charge in [-0.2, -0.15) is 0 Å². The van der Waals surface area contributed by atoms with Crippen molar-refractivity contribution in [3.8, 4) is 5.19 Å². The molecule has 0 aliphatic carbocycles. The highest BCUT2D eigenvalue weighted by atomic mass is 32.1. The van der Waals surface area contributed by atoms with Gasteiger partial charge in [0.05, 0.1) is 12.8 Å². The van der Waals surface area contributed by atoms with Crippen LogP contribution in [-0.4, -0.2) is 53.3 Å². The lowest BCUT2D eigenvalue weighted by Crippen LogP contribution is -2.51. The maximum atomic E-state index is 12.7. The number of ether oxygens (including phenoxy) is 1. The zero-order valence-corrected chi connectivity index (χ0v) is 15.4. The van der Waals surface area contributed by atoms with Gasteiger partial charge in [-0.15, -0.1) is 0 Å². The molecule has 1 aliphatic rings. The molecule has 0 spiro atoms. The van der Waals surface area contributed by atoms with E-state index in [2.05, 4.69) is 11.1 Å². The molecule has 0 radical (unpaired) electrons. The molecule has 0 atom stereocenters. The molecule has 0 saturated carbocycles. The number of benzene rings is 1. The second-order valence-electron chi connectivity index (χ2n) is 6.13. The Labute approximate surface area is 151 Å². The second kappa shape index (κ2) is 7.23. The minimum Gasteiger partial charge on any atom is -0.473 e. The summed E-state index contributed by atoms with van der Waals surface area (Å²) in [5.74, 6) is -0.183. The fourth-order valence-corrected chi connectivity index (χ4v) is 3.73. The summed E-state index contributed by atoms with van der Waals surface area (Å²) in [6, 6.07) is 8.13. The van der Waals surface area contributed by atoms with Crippen LogP contribution in [-0.2, 0) is 11.3 Å². The van der Waals surface area contributed by atoms with Crippen molar-refractivity contribution in [2.24, 2.45) is 0 Å². The number of thiazole rings is 1. The summed E-state index contributed by atoms with van der Waals surface area (Å²) in [7, 11) is 1.53. The molecular weight excluding hydrogens is 338 g/mol. The van der Waals surface area contributed by atoms with E-state index in [4.69, 9.17) is 4.74 Å². The first-order valence-corrected chi connectivity index (χ1v) is 8.93. The third kappa shape index (κ3) is 3.82. The highest BCUT2D eigenvalue weighted by Crippen LogP contribution is 2.26. The van der Waals surface area contributed by atoms with E-state index in [1.54, 1.807) is 16.7 Å². The number of aromatic nitrogens is 1. The van der Waals surface area contributed by atoms with Crippen LogP contribution in [0.3, 0.4) is 0 Å². The first-order valence-electron chi connectivity index (χ1n) is 8.12. The molecule has 25 heavy (non-hydrogen) atoms. The maximum absolute atomic E-state index is 12.7. The van der Waals surface area contributed by atoms with Crippen molar-refractivity contribution in [2.75, 3.05) is 26.7 Å². The molecule has 1 aliphatic heterocycles. The third-order valence-electron chi connectivity index (χ3n) is 4.21. The van der Waals surface area contributed by atoms with Gasteiger partial charge in [-0.3, -0.25) is 9.59 Å². The van der Waals surface area contributed by atoms with E-state index in [9.17, 15) is 9.59 Å². The van der Waals surface area contributed by atoms with Gasteiger partial charge in [0.2, 0.25) is 5.91 Å². The van der Waals surface area contributed by atoms with Crippen molar-refractivity contribution in [1.29, 1.82) is 0 Å². The summed E-state index contributed by atoms with van der Waals surface area (Å²) in [4.78, 5) is 33.3. The molecule has 1 aromatic heterocycles. The van der Waals surface area contributed by atoms with Crippen LogP contribution in [0.5, 0.6) is 5.19 Å². The van der Waals surface area contributed by atoms with Crippen molar-refractivity contribution in [1.82, 2.24) is 14.8 Å². The molecule has 6 nitrogen and oxygen atoms in total. The number of methoxy groups -OCH3 is 1. The van der Waals surface area contributed by atoms with E-state index in [0.29, 0.717) is 35.4 Å². The summed E-state index contributed by atoms with van der Waals surface area (Å²) in [6.45, 7) is 5.56. The van der Waals surface area contributed by atoms with Crippen LogP contribution in [0.25, 0.3) is 0 Å². The molecule has 1 fully saturated rings. The number of piperazine rings is 1. The lowest BCUT2D eigenvalue weighted by atomic mass is 10.1. The van der Waals surface area contributed by atoms with Gasteiger partial charge in [-0.25, -0.2) is 4.98 Å². The first-order chi connectivity index (χ1) is 12.0. The number of nitrogens with zero attached hydrogens (tertiary/aromatic N) is 3. The Kier molecular flexibility index (Phi) is 5.03. The van der Waals surface area contributed by atoms with Gasteiger partial charge in [0.1, 0.15) is 11.4 Å². The number of hydrogen-bond acceptors (Lipinski definition) is 5. The number of aryl methyl sites for hydroxylation is 2. The first kappa shape index (κ1) is 17.4. The van der Waals surface area contributed by atoms with Crippen molar-refractivity contribution < 1.29 is 14.3 Å². The van der Waals surface area contributed by atoms with Crippen molar-refractivity contribution in [2.45, 2.75) is 20.4 Å². The predicted molar refractivity (Wildman–Crippen MR) is 95.9 cm³/mol. The third-order valence-corrected chi connectivity index (χ3v) is 5.31. The maximum Gasteiger partial charge on any atom is 0.273 e. The van der Waals surface area contributed by atoms with Gasteiger partial charge in [0.15, 0.2) is 0 Å². The molecule has 0 unspecified atom stereocenters. The zero-order chi connectivity index (χ0) is 18.0. The minimum atomic E-state index is -0.151. The number of rotatable bonds is 4. The van der Waals surface area contributed by atoms with Crippen molar-refractivity contribution in [3.63, 3.8) is 0 Å². The Morgan fingerprint density at radius 3 is 2.76 bits per heavy atom. The normalized spacial score (nSPS) is 14.8. The molecule has 3 rings (SSSR count). The molecule has 132 valence electrons. The molecule has 0 N–H and O–H groups in total. The molecule has 1 aromatic carbocycles. The van der Waals surface area contributed by atoms with Crippen LogP contribution in [0, 0.1) is 13.8 Å². The molecule has 0 bridgehead atoms. The average molecular weight is 359 g/mol. The van der Waals surface area contributed by atoms with Gasteiger partial charge in [-0.05, 0) is 19.4 Å². The van der Waals surface area contributed by atoms with E-state index < -0.39 is 0 Å². The largest absolute Gasteiger partial charge is 0.473 e. The Hall–Kier alpha value is -2.41. The number of amides is 2. The Balaban J connectivity index is 1.65. The number of carbonyl (C=O) groups excluding carboxylic acids is 2. The summed E-state index contributed by atoms with van der Waals surface area (Å²) in [5.41, 5.74) is 2.92. The van der Waals surface area contributed by atoms with Gasteiger partial charge in [0, 0.05) is 19.6 Å². The quantitative estimate of drug-likeness (QED) is 0.840. The summed E-state index contributed by atoms with van der Waals surface area (Å²) in [6.07, 6.45) is 0. The van der Waals surface area contributed by atoms with Gasteiger partial charge in [-0.1, -0.05) is 41.2 Å². The molecule has 2 aromatic rings. The fourth-order valence-electron chi connectivity index (χ4n) is 2.88. The Morgan fingerprint density at radius 2 is 2.12 bits per heavy atom. The topological polar surface area (TPSA) is 62.7 Å². The second-order valence-corrected chi connectivity index (χ2v) is 7.09. The van der Waals surface area contributed by atoms with Crippen LogP contribution in [0.15, 0.2) is 24.3 Å². The van der Waals surface area contributed by atoms with E-state index in [0.717, 1.165) is 5.56 Å². The van der Waals surface area contributed by atoms with Gasteiger partial charge in [0.25, 0.3) is 11.1 Å². The minimum absolute atomic E-state index is 0.0322. The number of hydrogen-bond donors (Lipinski definition) is 0. The smallest absolute Gasteiger partial charge is 0.273 e. The van der Waals surface area contributed by atoms with Crippen LogP contribution >= 0.6 is 11.3 Å². The SMILES string of the molecule is COc1nc(C)c(C(=O)N2CCN(Cc3cccc(C)c3)C(=O)C2)s1. The lowest BCUT2D eigenvalue weighted by Gasteiger charge is -2.34. The molecule has 7 heteroatoms. The van der Waals surface area contributed by atoms with E-state index in [1.165, 1.54) is 24.0 Å². The molecule has 2 heterocycles. The van der Waals surface area contributed by atoms with E-state index >= 15 is 0 Å². The van der Waals surface area contributed by atoms with E-state index in [1.807, 2.05) is 25.1 Å². The molecule has 1 saturated heterocycles. The number of carbonyl (C=O) groups is 2. The van der Waals surface area contributed by atoms with Crippen molar-refractivity contribution in [3.05, 3.63) is 46.0 Å². The summed E-state index contributed by atoms with van der Waals surface area (Å²) in [5, 5.41) is 0.463. The Morgan fingerprint density at radius 1 is 1.32 bits per heavy atom. The van der Waals surface area contributed by atoms with Gasteiger partial charge >= 0.3 is 0 Å². The zero-order valence-electron chi connectivity index (χ0n) is 14.6. The average Bonchev–Trinajstić information content (AvgIpc) is 2.97. The molecular formula is C18H21N3O3S. The van der Waals surface area contributed by atoms with Gasteiger partial charge < -0.3 is 14.5 Å². The Bertz CT molecular complexity index is 803. The summed E-state index contributed by atoms with van der Waals surface area (Å²) < 4.78 is 5.09. The lowest BCUT2D eigenvalue weighted by molar-refractivity contribution is -0.135. The van der Waals surface area contributed by atoms with Crippen LogP contribution in [0.4, 0.5) is 0 Å². The highest BCUT2D eigenvalue weighted by molar-refractivity contribution is 7.15. The predicted octanol–water partition coefficient (Wildman–Crippen LogP) is 2.25. The van der Waals surface area contributed by atoms with Crippen molar-refractivity contribution >= 4 is 23.2 Å². The summed E-state index contributed by atoms with van der Waals surface area (Å²) >= 11 is 1.22. The van der Waals surface area contributed by atoms with Crippen LogP contribution < -0.4 is 4.74 Å². The highest BCUT2D eigenvalue weighted by Gasteiger charge is 2.29. The van der Waals surface area contributed by atoms with Crippen LogP contribution in [0.1, 0.15) is 26.5 Å². The standard InChI is InChI=1S/C18H21N3O3S/c1-12-5-4-6-14(9-12)10-20-7-8-21(11-15(20)22)17(23)16-13(2)19-18(24-3)25-16/h4-6,9H,7-8,10-11H2,1-3H3. The molecule has 2 amide bonds. The fraction of sp³-hybridized carbons (Fsp3) is 0.389. The monoisotopic (exact) mass is 359 g/mol.